The van der Waals surface area contributed by atoms with Gasteiger partial charge in [-0.05, 0) is 45.0 Å². The maximum atomic E-state index is 13.1. The number of benzene rings is 2. The Balaban J connectivity index is 2.39. The lowest BCUT2D eigenvalue weighted by molar-refractivity contribution is -0.137. The SMILES string of the molecule is CCOC(=O)/C=C(\C)N(CC#Cc1ccccc1)S(=O)(=O)c1ccc(C)cc1. The fourth-order valence-electron chi connectivity index (χ4n) is 2.40. The maximum absolute atomic E-state index is 13.1. The summed E-state index contributed by atoms with van der Waals surface area (Å²) in [6.45, 7) is 5.24. The zero-order valence-corrected chi connectivity index (χ0v) is 17.0. The molecule has 0 saturated heterocycles. The smallest absolute Gasteiger partial charge is 0.332 e. The molecule has 0 radical (unpaired) electrons. The van der Waals surface area contributed by atoms with Crippen molar-refractivity contribution in [3.8, 4) is 11.8 Å². The first-order chi connectivity index (χ1) is 13.3. The van der Waals surface area contributed by atoms with E-state index >= 15 is 0 Å². The molecule has 0 saturated carbocycles. The van der Waals surface area contributed by atoms with Crippen molar-refractivity contribution in [2.75, 3.05) is 13.2 Å². The Kier molecular flexibility index (Phi) is 7.42. The van der Waals surface area contributed by atoms with Crippen LogP contribution >= 0.6 is 0 Å². The molecule has 0 bridgehead atoms. The topological polar surface area (TPSA) is 63.7 Å². The molecule has 6 heteroatoms. The predicted octanol–water partition coefficient (Wildman–Crippen LogP) is 3.50. The summed E-state index contributed by atoms with van der Waals surface area (Å²) in [7, 11) is -3.88. The van der Waals surface area contributed by atoms with E-state index in [1.165, 1.54) is 6.08 Å². The Morgan fingerprint density at radius 1 is 1.11 bits per heavy atom. The van der Waals surface area contributed by atoms with E-state index in [9.17, 15) is 13.2 Å². The molecule has 2 rings (SSSR count). The summed E-state index contributed by atoms with van der Waals surface area (Å²) in [4.78, 5) is 11.9. The van der Waals surface area contributed by atoms with E-state index in [-0.39, 0.29) is 23.7 Å². The van der Waals surface area contributed by atoms with Crippen molar-refractivity contribution in [3.05, 3.63) is 77.5 Å². The first-order valence-electron chi connectivity index (χ1n) is 8.83. The zero-order chi connectivity index (χ0) is 20.6. The third kappa shape index (κ3) is 5.73. The number of nitrogens with zero attached hydrogens (tertiary/aromatic N) is 1. The van der Waals surface area contributed by atoms with Gasteiger partial charge in [-0.2, -0.15) is 0 Å². The first-order valence-corrected chi connectivity index (χ1v) is 10.3. The van der Waals surface area contributed by atoms with Gasteiger partial charge < -0.3 is 4.74 Å². The second-order valence-corrected chi connectivity index (χ2v) is 7.89. The summed E-state index contributed by atoms with van der Waals surface area (Å²) in [5.41, 5.74) is 1.97. The van der Waals surface area contributed by atoms with Gasteiger partial charge in [0.15, 0.2) is 0 Å². The highest BCUT2D eigenvalue weighted by Crippen LogP contribution is 2.20. The molecule has 5 nitrogen and oxygen atoms in total. The van der Waals surface area contributed by atoms with E-state index in [4.69, 9.17) is 4.74 Å². The molecule has 0 fully saturated rings. The van der Waals surface area contributed by atoms with Crippen LogP contribution in [0.2, 0.25) is 0 Å². The molecule has 146 valence electrons. The van der Waals surface area contributed by atoms with Gasteiger partial charge in [-0.3, -0.25) is 4.31 Å². The second kappa shape index (κ2) is 9.77. The molecule has 0 heterocycles. The number of rotatable bonds is 6. The van der Waals surface area contributed by atoms with E-state index < -0.39 is 16.0 Å². The lowest BCUT2D eigenvalue weighted by atomic mass is 10.2. The Morgan fingerprint density at radius 2 is 1.75 bits per heavy atom. The fourth-order valence-corrected chi connectivity index (χ4v) is 3.80. The number of sulfonamides is 1. The molecule has 28 heavy (non-hydrogen) atoms. The van der Waals surface area contributed by atoms with Crippen molar-refractivity contribution in [3.63, 3.8) is 0 Å². The van der Waals surface area contributed by atoms with Gasteiger partial charge >= 0.3 is 5.97 Å². The van der Waals surface area contributed by atoms with Crippen LogP contribution in [0, 0.1) is 18.8 Å². The standard InChI is InChI=1S/C22H23NO4S/c1-4-27-22(24)17-19(3)23(16-8-11-20-9-6-5-7-10-20)28(25,26)21-14-12-18(2)13-15-21/h5-7,9-10,12-15,17H,4,16H2,1-3H3/b19-17+. The first kappa shape index (κ1) is 21.3. The molecular formula is C22H23NO4S. The van der Waals surface area contributed by atoms with Crippen LogP contribution in [0.3, 0.4) is 0 Å². The Labute approximate surface area is 166 Å². The van der Waals surface area contributed by atoms with Gasteiger partial charge in [-0.25, -0.2) is 13.2 Å². The van der Waals surface area contributed by atoms with Crippen LogP contribution in [0.15, 0.2) is 71.3 Å². The lowest BCUT2D eigenvalue weighted by Crippen LogP contribution is -2.30. The summed E-state index contributed by atoms with van der Waals surface area (Å²) in [5, 5.41) is 0. The highest BCUT2D eigenvalue weighted by atomic mass is 32.2. The van der Waals surface area contributed by atoms with Gasteiger partial charge in [0.1, 0.15) is 0 Å². The summed E-state index contributed by atoms with van der Waals surface area (Å²) < 4.78 is 32.3. The molecular weight excluding hydrogens is 374 g/mol. The van der Waals surface area contributed by atoms with Crippen LogP contribution in [0.1, 0.15) is 25.0 Å². The Bertz CT molecular complexity index is 998. The molecule has 0 amide bonds. The quantitative estimate of drug-likeness (QED) is 0.425. The summed E-state index contributed by atoms with van der Waals surface area (Å²) >= 11 is 0. The van der Waals surface area contributed by atoms with Crippen molar-refractivity contribution in [2.24, 2.45) is 0 Å². The largest absolute Gasteiger partial charge is 0.463 e. The lowest BCUT2D eigenvalue weighted by Gasteiger charge is -2.22. The van der Waals surface area contributed by atoms with Crippen LogP contribution in [0.25, 0.3) is 0 Å². The second-order valence-electron chi connectivity index (χ2n) is 6.03. The molecule has 0 atom stereocenters. The van der Waals surface area contributed by atoms with Gasteiger partial charge in [0.2, 0.25) is 0 Å². The fraction of sp³-hybridized carbons (Fsp3) is 0.227. The number of carbonyl (C=O) groups excluding carboxylic acids is 1. The Hall–Kier alpha value is -3.04. The normalized spacial score (nSPS) is 11.3. The van der Waals surface area contributed by atoms with Crippen molar-refractivity contribution in [2.45, 2.75) is 25.7 Å². The third-order valence-corrected chi connectivity index (χ3v) is 5.71. The van der Waals surface area contributed by atoms with Crippen LogP contribution in [0.4, 0.5) is 0 Å². The van der Waals surface area contributed by atoms with Gasteiger partial charge in [0.05, 0.1) is 18.0 Å². The molecule has 2 aromatic carbocycles. The minimum Gasteiger partial charge on any atom is -0.463 e. The maximum Gasteiger partial charge on any atom is 0.332 e. The van der Waals surface area contributed by atoms with Gasteiger partial charge in [-0.15, -0.1) is 0 Å². The van der Waals surface area contributed by atoms with E-state index in [1.54, 1.807) is 38.1 Å². The molecule has 0 aliphatic heterocycles. The summed E-state index contributed by atoms with van der Waals surface area (Å²) in [6.07, 6.45) is 1.17. The number of hydrogen-bond acceptors (Lipinski definition) is 4. The number of allylic oxidation sites excluding steroid dienone is 1. The van der Waals surface area contributed by atoms with Gasteiger partial charge in [0, 0.05) is 17.3 Å². The number of carbonyl (C=O) groups is 1. The van der Waals surface area contributed by atoms with Crippen LogP contribution < -0.4 is 0 Å². The Morgan fingerprint density at radius 3 is 2.36 bits per heavy atom. The van der Waals surface area contributed by atoms with Crippen LogP contribution in [0.5, 0.6) is 0 Å². The van der Waals surface area contributed by atoms with Crippen molar-refractivity contribution >= 4 is 16.0 Å². The number of esters is 1. The molecule has 0 N–H and O–H groups in total. The monoisotopic (exact) mass is 397 g/mol. The predicted molar refractivity (Wildman–Crippen MR) is 109 cm³/mol. The van der Waals surface area contributed by atoms with E-state index in [0.717, 1.165) is 15.4 Å². The molecule has 0 unspecified atom stereocenters. The molecule has 0 aliphatic carbocycles. The van der Waals surface area contributed by atoms with Crippen LogP contribution in [-0.2, 0) is 19.6 Å². The molecule has 0 aliphatic rings. The third-order valence-electron chi connectivity index (χ3n) is 3.84. The van der Waals surface area contributed by atoms with Crippen molar-refractivity contribution < 1.29 is 17.9 Å². The van der Waals surface area contributed by atoms with Crippen molar-refractivity contribution in [1.29, 1.82) is 0 Å². The minimum absolute atomic E-state index is 0.0904. The van der Waals surface area contributed by atoms with Crippen LogP contribution in [-0.4, -0.2) is 31.8 Å². The average Bonchev–Trinajstić information content (AvgIpc) is 2.66. The highest BCUT2D eigenvalue weighted by Gasteiger charge is 2.24. The van der Waals surface area contributed by atoms with Gasteiger partial charge in [0.25, 0.3) is 10.0 Å². The van der Waals surface area contributed by atoms with Gasteiger partial charge in [-0.1, -0.05) is 47.7 Å². The number of hydrogen-bond donors (Lipinski definition) is 0. The molecule has 0 spiro atoms. The molecule has 0 aromatic heterocycles. The molecule has 2 aromatic rings. The van der Waals surface area contributed by atoms with E-state index in [1.807, 2.05) is 37.3 Å². The van der Waals surface area contributed by atoms with Crippen molar-refractivity contribution in [1.82, 2.24) is 4.31 Å². The zero-order valence-electron chi connectivity index (χ0n) is 16.2. The average molecular weight is 397 g/mol. The summed E-state index contributed by atoms with van der Waals surface area (Å²) in [6, 6.07) is 15.8. The summed E-state index contributed by atoms with van der Waals surface area (Å²) in [5.74, 6) is 5.22. The van der Waals surface area contributed by atoms with E-state index in [0.29, 0.717) is 0 Å². The minimum atomic E-state index is -3.88. The highest BCUT2D eigenvalue weighted by molar-refractivity contribution is 7.89. The number of aryl methyl sites for hydroxylation is 1. The van der Waals surface area contributed by atoms with E-state index in [2.05, 4.69) is 11.8 Å². The number of ether oxygens (including phenoxy) is 1.